The van der Waals surface area contributed by atoms with Gasteiger partial charge in [0.15, 0.2) is 0 Å². The highest BCUT2D eigenvalue weighted by atomic mass is 32.2. The van der Waals surface area contributed by atoms with Crippen molar-refractivity contribution in [3.63, 3.8) is 0 Å². The van der Waals surface area contributed by atoms with Crippen LogP contribution in [0, 0.1) is 18.6 Å². The molecule has 1 aliphatic rings. The standard InChI is InChI=1S/C22H20F2N2OS/c1-13-10-20(27)26-19(21(25)14-6-3-2-4-7-14)12-28-22(26)15(13)11-16-17(23)8-5-9-18(16)24/h2-10,19,21H,11-12,25H2,1H3. The van der Waals surface area contributed by atoms with Gasteiger partial charge >= 0.3 is 0 Å². The van der Waals surface area contributed by atoms with Gasteiger partial charge in [0.25, 0.3) is 5.56 Å². The van der Waals surface area contributed by atoms with Gasteiger partial charge in [-0.05, 0) is 35.7 Å². The first-order valence-electron chi connectivity index (χ1n) is 9.08. The van der Waals surface area contributed by atoms with Crippen LogP contribution in [0.1, 0.15) is 34.3 Å². The second-order valence-electron chi connectivity index (χ2n) is 7.01. The maximum atomic E-state index is 14.2. The van der Waals surface area contributed by atoms with Gasteiger partial charge in [-0.1, -0.05) is 36.4 Å². The summed E-state index contributed by atoms with van der Waals surface area (Å²) in [5.74, 6) is -0.517. The van der Waals surface area contributed by atoms with Crippen LogP contribution in [-0.4, -0.2) is 10.3 Å². The fourth-order valence-corrected chi connectivity index (χ4v) is 5.18. The summed E-state index contributed by atoms with van der Waals surface area (Å²) in [7, 11) is 0. The fourth-order valence-electron chi connectivity index (χ4n) is 3.72. The zero-order valence-electron chi connectivity index (χ0n) is 15.4. The highest BCUT2D eigenvalue weighted by molar-refractivity contribution is 7.99. The summed E-state index contributed by atoms with van der Waals surface area (Å²) in [6, 6.07) is 14.5. The molecule has 0 radical (unpaired) electrons. The normalized spacial score (nSPS) is 16.8. The minimum absolute atomic E-state index is 0.0171. The van der Waals surface area contributed by atoms with Crippen LogP contribution in [-0.2, 0) is 6.42 Å². The van der Waals surface area contributed by atoms with E-state index in [4.69, 9.17) is 5.73 Å². The van der Waals surface area contributed by atoms with Crippen LogP contribution in [0.5, 0.6) is 0 Å². The largest absolute Gasteiger partial charge is 0.322 e. The Bertz CT molecular complexity index is 1060. The molecule has 3 nitrogen and oxygen atoms in total. The van der Waals surface area contributed by atoms with Gasteiger partial charge in [-0.25, -0.2) is 8.78 Å². The molecule has 6 heteroatoms. The summed E-state index contributed by atoms with van der Waals surface area (Å²) in [5.41, 5.74) is 8.83. The summed E-state index contributed by atoms with van der Waals surface area (Å²) in [4.78, 5) is 12.8. The quantitative estimate of drug-likeness (QED) is 0.710. The van der Waals surface area contributed by atoms with Gasteiger partial charge in [0, 0.05) is 23.8 Å². The molecule has 0 fully saturated rings. The number of benzene rings is 2. The molecule has 0 amide bonds. The Balaban J connectivity index is 1.78. The summed E-state index contributed by atoms with van der Waals surface area (Å²) in [6.45, 7) is 1.81. The number of aromatic nitrogens is 1. The lowest BCUT2D eigenvalue weighted by atomic mass is 9.99. The van der Waals surface area contributed by atoms with Crippen molar-refractivity contribution in [2.45, 2.75) is 30.5 Å². The van der Waals surface area contributed by atoms with Crippen molar-refractivity contribution >= 4 is 11.8 Å². The number of fused-ring (bicyclic) bond motifs is 1. The van der Waals surface area contributed by atoms with Crippen LogP contribution >= 0.6 is 11.8 Å². The highest BCUT2D eigenvalue weighted by Gasteiger charge is 2.32. The molecule has 0 bridgehead atoms. The summed E-state index contributed by atoms with van der Waals surface area (Å²) in [5, 5.41) is 0.754. The molecule has 2 unspecified atom stereocenters. The van der Waals surface area contributed by atoms with E-state index in [0.717, 1.165) is 21.7 Å². The zero-order chi connectivity index (χ0) is 19.8. The van der Waals surface area contributed by atoms with E-state index in [2.05, 4.69) is 0 Å². The van der Waals surface area contributed by atoms with Crippen molar-refractivity contribution in [3.8, 4) is 0 Å². The number of halogens is 2. The van der Waals surface area contributed by atoms with Gasteiger partial charge < -0.3 is 5.73 Å². The van der Waals surface area contributed by atoms with Crippen LogP contribution in [0.2, 0.25) is 0 Å². The van der Waals surface area contributed by atoms with E-state index in [0.29, 0.717) is 5.75 Å². The van der Waals surface area contributed by atoms with Crippen molar-refractivity contribution in [3.05, 3.63) is 98.8 Å². The van der Waals surface area contributed by atoms with Crippen molar-refractivity contribution in [2.24, 2.45) is 5.73 Å². The minimum atomic E-state index is -0.579. The van der Waals surface area contributed by atoms with E-state index in [9.17, 15) is 13.6 Å². The molecule has 4 rings (SSSR count). The van der Waals surface area contributed by atoms with Crippen LogP contribution in [0.15, 0.2) is 64.4 Å². The van der Waals surface area contributed by atoms with E-state index in [-0.39, 0.29) is 29.6 Å². The zero-order valence-corrected chi connectivity index (χ0v) is 16.2. The fraction of sp³-hybridized carbons (Fsp3) is 0.227. The highest BCUT2D eigenvalue weighted by Crippen LogP contribution is 2.41. The van der Waals surface area contributed by atoms with Gasteiger partial charge in [-0.15, -0.1) is 11.8 Å². The Labute approximate surface area is 166 Å². The Morgan fingerprint density at radius 3 is 2.46 bits per heavy atom. The third kappa shape index (κ3) is 3.27. The molecule has 1 aliphatic heterocycles. The first-order chi connectivity index (χ1) is 13.5. The lowest BCUT2D eigenvalue weighted by Gasteiger charge is -2.23. The van der Waals surface area contributed by atoms with E-state index in [1.54, 1.807) is 11.5 Å². The van der Waals surface area contributed by atoms with Crippen LogP contribution in [0.4, 0.5) is 8.78 Å². The number of hydrogen-bond donors (Lipinski definition) is 1. The molecule has 2 N–H and O–H groups in total. The van der Waals surface area contributed by atoms with Gasteiger partial charge in [0.2, 0.25) is 0 Å². The molecule has 0 saturated carbocycles. The average molecular weight is 398 g/mol. The van der Waals surface area contributed by atoms with Crippen molar-refractivity contribution in [1.29, 1.82) is 0 Å². The molecular formula is C22H20F2N2OS. The summed E-state index contributed by atoms with van der Waals surface area (Å²) in [6.07, 6.45) is 0.0975. The van der Waals surface area contributed by atoms with Gasteiger partial charge in [0.1, 0.15) is 11.6 Å². The molecule has 2 atom stereocenters. The van der Waals surface area contributed by atoms with E-state index >= 15 is 0 Å². The molecular weight excluding hydrogens is 378 g/mol. The number of hydrogen-bond acceptors (Lipinski definition) is 3. The second kappa shape index (κ2) is 7.53. The van der Waals surface area contributed by atoms with Gasteiger partial charge in [-0.3, -0.25) is 9.36 Å². The monoisotopic (exact) mass is 398 g/mol. The maximum Gasteiger partial charge on any atom is 0.252 e. The third-order valence-corrected chi connectivity index (χ3v) is 6.49. The van der Waals surface area contributed by atoms with Gasteiger partial charge in [0.05, 0.1) is 17.1 Å². The molecule has 2 heterocycles. The average Bonchev–Trinajstić information content (AvgIpc) is 3.12. The van der Waals surface area contributed by atoms with Crippen molar-refractivity contribution < 1.29 is 8.78 Å². The van der Waals surface area contributed by atoms with Crippen LogP contribution in [0.25, 0.3) is 0 Å². The third-order valence-electron chi connectivity index (χ3n) is 5.27. The second-order valence-corrected chi connectivity index (χ2v) is 8.02. The minimum Gasteiger partial charge on any atom is -0.322 e. The first-order valence-corrected chi connectivity index (χ1v) is 10.1. The Kier molecular flexibility index (Phi) is 5.08. The number of rotatable bonds is 4. The molecule has 0 saturated heterocycles. The molecule has 1 aromatic heterocycles. The van der Waals surface area contributed by atoms with E-state index in [1.165, 1.54) is 36.0 Å². The topological polar surface area (TPSA) is 48.0 Å². The summed E-state index contributed by atoms with van der Waals surface area (Å²) < 4.78 is 30.1. The predicted molar refractivity (Wildman–Crippen MR) is 108 cm³/mol. The number of thioether (sulfide) groups is 1. The van der Waals surface area contributed by atoms with E-state index < -0.39 is 11.6 Å². The molecule has 0 aliphatic carbocycles. The molecule has 28 heavy (non-hydrogen) atoms. The van der Waals surface area contributed by atoms with Crippen molar-refractivity contribution in [1.82, 2.24) is 4.57 Å². The van der Waals surface area contributed by atoms with Crippen LogP contribution in [0.3, 0.4) is 0 Å². The lowest BCUT2D eigenvalue weighted by molar-refractivity contribution is 0.434. The molecule has 3 aromatic rings. The van der Waals surface area contributed by atoms with Crippen molar-refractivity contribution in [2.75, 3.05) is 5.75 Å². The van der Waals surface area contributed by atoms with E-state index in [1.807, 2.05) is 30.3 Å². The van der Waals surface area contributed by atoms with Gasteiger partial charge in [-0.2, -0.15) is 0 Å². The number of aryl methyl sites for hydroxylation is 1. The predicted octanol–water partition coefficient (Wildman–Crippen LogP) is 4.37. The lowest BCUT2D eigenvalue weighted by Crippen LogP contribution is -2.32. The number of nitrogens with two attached hydrogens (primary N) is 1. The first kappa shape index (κ1) is 18.9. The number of pyridine rings is 1. The Morgan fingerprint density at radius 2 is 1.79 bits per heavy atom. The Hall–Kier alpha value is -2.44. The summed E-state index contributed by atoms with van der Waals surface area (Å²) >= 11 is 1.52. The SMILES string of the molecule is Cc1cc(=O)n2c(c1Cc1c(F)cccc1F)SCC2C(N)c1ccccc1. The number of nitrogens with zero attached hydrogens (tertiary/aromatic N) is 1. The maximum absolute atomic E-state index is 14.2. The molecule has 0 spiro atoms. The van der Waals surface area contributed by atoms with Crippen LogP contribution < -0.4 is 11.3 Å². The molecule has 2 aromatic carbocycles. The molecule has 144 valence electrons. The smallest absolute Gasteiger partial charge is 0.252 e. The Morgan fingerprint density at radius 1 is 1.11 bits per heavy atom.